The van der Waals surface area contributed by atoms with Gasteiger partial charge >= 0.3 is 0 Å². The number of fused-ring (bicyclic) bond motifs is 2. The van der Waals surface area contributed by atoms with Crippen molar-refractivity contribution in [3.05, 3.63) is 106 Å². The zero-order chi connectivity index (χ0) is 32.9. The van der Waals surface area contributed by atoms with Crippen LogP contribution in [0.5, 0.6) is 0 Å². The SMILES string of the molecule is Nc1cc(-c2nc3ccccc3o2)ccc1CC1CCOCC1.O=[N+]([O-])c1cc(-c2nc3ccccc3o2)ccc1CC1CCOCC1. The van der Waals surface area contributed by atoms with E-state index in [0.717, 1.165) is 92.0 Å². The van der Waals surface area contributed by atoms with Crippen LogP contribution in [0.15, 0.2) is 93.8 Å². The van der Waals surface area contributed by atoms with Gasteiger partial charge in [-0.05, 0) is 98.4 Å². The molecule has 2 N–H and O–H groups in total. The van der Waals surface area contributed by atoms with Gasteiger partial charge in [0.05, 0.1) is 4.92 Å². The monoisotopic (exact) mass is 646 g/mol. The maximum atomic E-state index is 11.5. The molecule has 8 rings (SSSR count). The van der Waals surface area contributed by atoms with Gasteiger partial charge in [-0.1, -0.05) is 36.4 Å². The van der Waals surface area contributed by atoms with Gasteiger partial charge in [-0.25, -0.2) is 9.97 Å². The maximum Gasteiger partial charge on any atom is 0.273 e. The van der Waals surface area contributed by atoms with E-state index in [2.05, 4.69) is 22.1 Å². The molecule has 0 spiro atoms. The van der Waals surface area contributed by atoms with Gasteiger partial charge in [-0.2, -0.15) is 0 Å². The van der Waals surface area contributed by atoms with Crippen LogP contribution in [-0.2, 0) is 22.3 Å². The Bertz CT molecular complexity index is 1960. The molecule has 4 heterocycles. The smallest absolute Gasteiger partial charge is 0.273 e. The highest BCUT2D eigenvalue weighted by atomic mass is 16.6. The van der Waals surface area contributed by atoms with E-state index >= 15 is 0 Å². The van der Waals surface area contributed by atoms with Crippen molar-refractivity contribution in [3.63, 3.8) is 0 Å². The first-order valence-electron chi connectivity index (χ1n) is 16.5. The summed E-state index contributed by atoms with van der Waals surface area (Å²) in [5.41, 5.74) is 13.8. The first-order chi connectivity index (χ1) is 23.5. The van der Waals surface area contributed by atoms with Crippen molar-refractivity contribution < 1.29 is 23.2 Å². The molecule has 2 fully saturated rings. The van der Waals surface area contributed by atoms with Gasteiger partial charge in [0.15, 0.2) is 11.2 Å². The van der Waals surface area contributed by atoms with Crippen LogP contribution in [-0.4, -0.2) is 41.3 Å². The summed E-state index contributed by atoms with van der Waals surface area (Å²) < 4.78 is 22.3. The topological polar surface area (TPSA) is 140 Å². The second-order valence-electron chi connectivity index (χ2n) is 12.5. The van der Waals surface area contributed by atoms with Crippen LogP contribution in [0.1, 0.15) is 36.8 Å². The third kappa shape index (κ3) is 7.25. The van der Waals surface area contributed by atoms with E-state index in [1.54, 1.807) is 6.07 Å². The number of benzene rings is 4. The fourth-order valence-electron chi connectivity index (χ4n) is 6.47. The Morgan fingerprint density at radius 2 is 1.15 bits per heavy atom. The predicted molar refractivity (Wildman–Crippen MR) is 184 cm³/mol. The standard InChI is InChI=1S/C19H18N2O4.C19H20N2O2/c22-21(23)17-12-15(19-20-16-3-1-2-4-18(16)25-19)6-5-14(17)11-13-7-9-24-10-8-13;20-16-12-15(19-21-17-3-1-2-4-18(17)23-19)6-5-14(16)11-13-7-9-22-10-8-13/h1-6,12-13H,7-11H2;1-6,12-13H,7-11,20H2. The summed E-state index contributed by atoms with van der Waals surface area (Å²) in [4.78, 5) is 20.2. The molecular formula is C38H38N4O6. The van der Waals surface area contributed by atoms with Crippen LogP contribution in [0.2, 0.25) is 0 Å². The summed E-state index contributed by atoms with van der Waals surface area (Å²) in [6, 6.07) is 26.6. The molecule has 4 aromatic carbocycles. The summed E-state index contributed by atoms with van der Waals surface area (Å²) in [5, 5.41) is 11.5. The van der Waals surface area contributed by atoms with Crippen LogP contribution in [0, 0.1) is 22.0 Å². The molecule has 0 saturated carbocycles. The summed E-state index contributed by atoms with van der Waals surface area (Å²) in [7, 11) is 0. The highest BCUT2D eigenvalue weighted by molar-refractivity contribution is 5.77. The Labute approximate surface area is 278 Å². The van der Waals surface area contributed by atoms with Crippen molar-refractivity contribution >= 4 is 33.6 Å². The maximum absolute atomic E-state index is 11.5. The molecule has 48 heavy (non-hydrogen) atoms. The minimum Gasteiger partial charge on any atom is -0.436 e. The Balaban J connectivity index is 0.000000152. The van der Waals surface area contributed by atoms with Crippen molar-refractivity contribution in [2.75, 3.05) is 32.2 Å². The van der Waals surface area contributed by atoms with Gasteiger partial charge in [0.1, 0.15) is 11.0 Å². The number of hydrogen-bond acceptors (Lipinski definition) is 9. The van der Waals surface area contributed by atoms with Gasteiger partial charge in [0.25, 0.3) is 5.69 Å². The molecular weight excluding hydrogens is 608 g/mol. The number of nitro groups is 1. The van der Waals surface area contributed by atoms with Crippen molar-refractivity contribution in [1.29, 1.82) is 0 Å². The third-order valence-electron chi connectivity index (χ3n) is 9.21. The summed E-state index contributed by atoms with van der Waals surface area (Å²) in [6.07, 6.45) is 5.85. The molecule has 2 aliphatic heterocycles. The molecule has 0 radical (unpaired) electrons. The second kappa shape index (κ2) is 14.4. The number of para-hydroxylation sites is 4. The van der Waals surface area contributed by atoms with Crippen LogP contribution in [0.25, 0.3) is 45.1 Å². The number of anilines is 1. The first-order valence-corrected chi connectivity index (χ1v) is 16.5. The predicted octanol–water partition coefficient (Wildman–Crippen LogP) is 8.42. The average Bonchev–Trinajstić information content (AvgIpc) is 3.76. The van der Waals surface area contributed by atoms with Crippen LogP contribution in [0.4, 0.5) is 11.4 Å². The number of nitrogens with zero attached hydrogens (tertiary/aromatic N) is 3. The highest BCUT2D eigenvalue weighted by Gasteiger charge is 2.22. The summed E-state index contributed by atoms with van der Waals surface area (Å²) in [5.74, 6) is 2.13. The molecule has 2 aliphatic rings. The van der Waals surface area contributed by atoms with Gasteiger partial charge < -0.3 is 24.0 Å². The molecule has 10 heteroatoms. The van der Waals surface area contributed by atoms with Crippen molar-refractivity contribution in [2.24, 2.45) is 11.8 Å². The first kappa shape index (κ1) is 31.5. The normalized spacial score (nSPS) is 15.8. The Morgan fingerprint density at radius 1 is 0.667 bits per heavy atom. The number of oxazole rings is 2. The van der Waals surface area contributed by atoms with Crippen molar-refractivity contribution in [1.82, 2.24) is 9.97 Å². The van der Waals surface area contributed by atoms with Crippen molar-refractivity contribution in [3.8, 4) is 22.9 Å². The van der Waals surface area contributed by atoms with E-state index in [0.29, 0.717) is 41.2 Å². The number of hydrogen-bond donors (Lipinski definition) is 1. The number of nitro benzene ring substituents is 1. The molecule has 6 aromatic rings. The lowest BCUT2D eigenvalue weighted by Crippen LogP contribution is -2.18. The van der Waals surface area contributed by atoms with Crippen LogP contribution < -0.4 is 5.73 Å². The van der Waals surface area contributed by atoms with E-state index in [9.17, 15) is 10.1 Å². The van der Waals surface area contributed by atoms with E-state index in [4.69, 9.17) is 24.0 Å². The molecule has 0 atom stereocenters. The Morgan fingerprint density at radius 3 is 1.65 bits per heavy atom. The quantitative estimate of drug-likeness (QED) is 0.103. The number of nitrogens with two attached hydrogens (primary N) is 1. The van der Waals surface area contributed by atoms with Crippen molar-refractivity contribution in [2.45, 2.75) is 38.5 Å². The molecule has 0 aliphatic carbocycles. The number of rotatable bonds is 7. The third-order valence-corrected chi connectivity index (χ3v) is 9.21. The average molecular weight is 647 g/mol. The molecule has 0 unspecified atom stereocenters. The van der Waals surface area contributed by atoms with Crippen LogP contribution >= 0.6 is 0 Å². The van der Waals surface area contributed by atoms with E-state index in [-0.39, 0.29) is 10.6 Å². The van der Waals surface area contributed by atoms with Gasteiger partial charge in [-0.15, -0.1) is 0 Å². The zero-order valence-corrected chi connectivity index (χ0v) is 26.7. The molecule has 246 valence electrons. The molecule has 2 saturated heterocycles. The molecule has 2 aromatic heterocycles. The highest BCUT2D eigenvalue weighted by Crippen LogP contribution is 2.32. The van der Waals surface area contributed by atoms with E-state index in [1.807, 2.05) is 66.7 Å². The van der Waals surface area contributed by atoms with Gasteiger partial charge in [-0.3, -0.25) is 10.1 Å². The minimum atomic E-state index is -0.319. The molecule has 10 nitrogen and oxygen atoms in total. The second-order valence-corrected chi connectivity index (χ2v) is 12.5. The summed E-state index contributed by atoms with van der Waals surface area (Å²) in [6.45, 7) is 3.20. The Hall–Kier alpha value is -5.06. The number of nitrogen functional groups attached to an aromatic ring is 1. The fourth-order valence-corrected chi connectivity index (χ4v) is 6.47. The lowest BCUT2D eigenvalue weighted by atomic mass is 9.91. The number of ether oxygens (including phenoxy) is 2. The lowest BCUT2D eigenvalue weighted by Gasteiger charge is -2.22. The zero-order valence-electron chi connectivity index (χ0n) is 26.7. The fraction of sp³-hybridized carbons (Fsp3) is 0.316. The Kier molecular flexibility index (Phi) is 9.44. The minimum absolute atomic E-state index is 0.131. The largest absolute Gasteiger partial charge is 0.436 e. The number of aromatic nitrogens is 2. The molecule has 0 amide bonds. The van der Waals surface area contributed by atoms with E-state index in [1.165, 1.54) is 5.56 Å². The van der Waals surface area contributed by atoms with Gasteiger partial charge in [0.2, 0.25) is 11.8 Å². The van der Waals surface area contributed by atoms with Gasteiger partial charge in [0, 0.05) is 54.9 Å². The molecule has 0 bridgehead atoms. The lowest BCUT2D eigenvalue weighted by molar-refractivity contribution is -0.385. The van der Waals surface area contributed by atoms with E-state index < -0.39 is 0 Å². The van der Waals surface area contributed by atoms with Crippen LogP contribution in [0.3, 0.4) is 0 Å². The summed E-state index contributed by atoms with van der Waals surface area (Å²) >= 11 is 0.